The van der Waals surface area contributed by atoms with Crippen LogP contribution in [0.1, 0.15) is 33.1 Å². The lowest BCUT2D eigenvalue weighted by Crippen LogP contribution is -2.50. The van der Waals surface area contributed by atoms with Crippen LogP contribution < -0.4 is 5.56 Å². The van der Waals surface area contributed by atoms with E-state index in [1.165, 1.54) is 27.8 Å². The molecule has 0 N–H and O–H groups in total. The third kappa shape index (κ3) is 5.16. The smallest absolute Gasteiger partial charge is 0.265 e. The molecule has 5 aromatic rings. The van der Waals surface area contributed by atoms with Crippen molar-refractivity contribution in [1.29, 1.82) is 0 Å². The number of hydrogen-bond acceptors (Lipinski definition) is 4. The van der Waals surface area contributed by atoms with Crippen LogP contribution >= 0.6 is 0 Å². The van der Waals surface area contributed by atoms with Crippen molar-refractivity contribution >= 4 is 16.9 Å². The Morgan fingerprint density at radius 1 is 0.800 bits per heavy atom. The van der Waals surface area contributed by atoms with Crippen molar-refractivity contribution < 1.29 is 9.18 Å². The molecule has 0 unspecified atom stereocenters. The van der Waals surface area contributed by atoms with Crippen molar-refractivity contribution in [2.75, 3.05) is 26.2 Å². The quantitative estimate of drug-likeness (QED) is 0.304. The summed E-state index contributed by atoms with van der Waals surface area (Å²) in [5.41, 5.74) is 3.39. The van der Waals surface area contributed by atoms with E-state index < -0.39 is 5.56 Å². The highest BCUT2D eigenvalue weighted by atomic mass is 19.1. The van der Waals surface area contributed by atoms with Crippen molar-refractivity contribution in [3.63, 3.8) is 0 Å². The summed E-state index contributed by atoms with van der Waals surface area (Å²) in [5.74, 6) is -0.622. The van der Waals surface area contributed by atoms with E-state index in [0.717, 1.165) is 5.56 Å². The van der Waals surface area contributed by atoms with E-state index in [0.29, 0.717) is 37.2 Å². The van der Waals surface area contributed by atoms with Crippen LogP contribution in [0, 0.1) is 5.82 Å². The van der Waals surface area contributed by atoms with Gasteiger partial charge >= 0.3 is 0 Å². The zero-order chi connectivity index (χ0) is 27.5. The van der Waals surface area contributed by atoms with Gasteiger partial charge in [-0.3, -0.25) is 19.1 Å². The second kappa shape index (κ2) is 11.2. The summed E-state index contributed by atoms with van der Waals surface area (Å²) >= 11 is 0. The van der Waals surface area contributed by atoms with Crippen molar-refractivity contribution in [2.45, 2.75) is 12.6 Å². The largest absolute Gasteiger partial charge is 0.336 e. The topological polar surface area (TPSA) is 58.4 Å². The molecule has 1 fully saturated rings. The molecular weight excluding hydrogens is 503 g/mol. The average molecular weight is 533 g/mol. The molecule has 2 aromatic heterocycles. The molecule has 3 heterocycles. The first kappa shape index (κ1) is 25.6. The summed E-state index contributed by atoms with van der Waals surface area (Å²) in [6.07, 6.45) is 1.62. The number of piperazine rings is 1. The summed E-state index contributed by atoms with van der Waals surface area (Å²) in [4.78, 5) is 36.0. The summed E-state index contributed by atoms with van der Waals surface area (Å²) in [7, 11) is 0. The summed E-state index contributed by atoms with van der Waals surface area (Å²) in [5, 5.41) is 0.708. The Morgan fingerprint density at radius 3 is 2.05 bits per heavy atom. The van der Waals surface area contributed by atoms with Gasteiger partial charge in [-0.1, -0.05) is 72.8 Å². The lowest BCUT2D eigenvalue weighted by molar-refractivity contribution is 0.0595. The van der Waals surface area contributed by atoms with Crippen molar-refractivity contribution in [2.24, 2.45) is 0 Å². The van der Waals surface area contributed by atoms with E-state index >= 15 is 0 Å². The number of carbonyl (C=O) groups excluding carboxylic acids is 1. The monoisotopic (exact) mass is 532 g/mol. The number of hydrogen-bond donors (Lipinski definition) is 0. The predicted molar refractivity (Wildman–Crippen MR) is 154 cm³/mol. The van der Waals surface area contributed by atoms with E-state index in [1.54, 1.807) is 35.4 Å². The lowest BCUT2D eigenvalue weighted by atomic mass is 9.96. The minimum Gasteiger partial charge on any atom is -0.336 e. The van der Waals surface area contributed by atoms with Gasteiger partial charge in [-0.25, -0.2) is 9.37 Å². The molecule has 1 aliphatic rings. The third-order valence-electron chi connectivity index (χ3n) is 7.53. The number of halogens is 1. The average Bonchev–Trinajstić information content (AvgIpc) is 3.01. The Hall–Kier alpha value is -4.62. The maximum atomic E-state index is 13.8. The van der Waals surface area contributed by atoms with Crippen LogP contribution in [0.5, 0.6) is 0 Å². The Balaban J connectivity index is 1.27. The summed E-state index contributed by atoms with van der Waals surface area (Å²) < 4.78 is 15.0. The highest BCUT2D eigenvalue weighted by Gasteiger charge is 2.30. The lowest BCUT2D eigenvalue weighted by Gasteiger charge is -2.39. The fourth-order valence-corrected chi connectivity index (χ4v) is 5.52. The molecule has 1 amide bonds. The van der Waals surface area contributed by atoms with Crippen LogP contribution in [0.2, 0.25) is 0 Å². The molecule has 1 aliphatic heterocycles. The first-order valence-electron chi connectivity index (χ1n) is 13.4. The molecule has 0 atom stereocenters. The summed E-state index contributed by atoms with van der Waals surface area (Å²) in [6, 6.07) is 32.2. The minimum absolute atomic E-state index is 0.0827. The van der Waals surface area contributed by atoms with Crippen LogP contribution in [0.25, 0.3) is 11.0 Å². The van der Waals surface area contributed by atoms with Gasteiger partial charge in [0.1, 0.15) is 17.0 Å². The molecule has 200 valence electrons. The van der Waals surface area contributed by atoms with Gasteiger partial charge in [0.2, 0.25) is 0 Å². The molecule has 3 aromatic carbocycles. The Kier molecular flexibility index (Phi) is 7.21. The number of amides is 1. The van der Waals surface area contributed by atoms with E-state index in [4.69, 9.17) is 0 Å². The normalized spacial score (nSPS) is 14.1. The van der Waals surface area contributed by atoms with Gasteiger partial charge in [0.25, 0.3) is 11.5 Å². The molecule has 7 heteroatoms. The van der Waals surface area contributed by atoms with Crippen molar-refractivity contribution in [3.05, 3.63) is 148 Å². The van der Waals surface area contributed by atoms with Gasteiger partial charge < -0.3 is 4.90 Å². The Bertz CT molecular complexity index is 1640. The SMILES string of the molecule is O=C(c1cc2cccnc2n(Cc2ccc(F)cc2)c1=O)N1CCN(C(c2ccccc2)c2ccccc2)CC1. The first-order valence-corrected chi connectivity index (χ1v) is 13.4. The van der Waals surface area contributed by atoms with Gasteiger partial charge in [-0.15, -0.1) is 0 Å². The fourth-order valence-electron chi connectivity index (χ4n) is 5.52. The number of pyridine rings is 2. The van der Waals surface area contributed by atoms with E-state index in [1.807, 2.05) is 18.2 Å². The molecule has 40 heavy (non-hydrogen) atoms. The second-order valence-corrected chi connectivity index (χ2v) is 10.0. The van der Waals surface area contributed by atoms with Gasteiger partial charge in [0.05, 0.1) is 12.6 Å². The molecule has 0 aliphatic carbocycles. The van der Waals surface area contributed by atoms with Crippen LogP contribution in [0.4, 0.5) is 4.39 Å². The maximum Gasteiger partial charge on any atom is 0.265 e. The molecule has 6 rings (SSSR count). The molecule has 0 radical (unpaired) electrons. The van der Waals surface area contributed by atoms with E-state index in [-0.39, 0.29) is 29.9 Å². The van der Waals surface area contributed by atoms with Gasteiger partial charge in [0, 0.05) is 37.8 Å². The highest BCUT2D eigenvalue weighted by molar-refractivity contribution is 5.97. The van der Waals surface area contributed by atoms with Gasteiger partial charge in [-0.2, -0.15) is 0 Å². The van der Waals surface area contributed by atoms with Crippen LogP contribution in [0.15, 0.2) is 114 Å². The van der Waals surface area contributed by atoms with Crippen molar-refractivity contribution in [1.82, 2.24) is 19.4 Å². The van der Waals surface area contributed by atoms with Gasteiger partial charge in [0.15, 0.2) is 0 Å². The van der Waals surface area contributed by atoms with Crippen LogP contribution in [-0.2, 0) is 6.54 Å². The standard InChI is InChI=1S/C33H29FN4O2/c34-28-15-13-24(14-16-28)23-38-31-27(12-7-17-35-31)22-29(33(38)40)32(39)37-20-18-36(19-21-37)30(25-8-3-1-4-9-25)26-10-5-2-6-11-26/h1-17,22,30H,18-21,23H2. The molecule has 6 nitrogen and oxygen atoms in total. The zero-order valence-electron chi connectivity index (χ0n) is 22.0. The number of aromatic nitrogens is 2. The predicted octanol–water partition coefficient (Wildman–Crippen LogP) is 5.13. The Labute approximate surface area is 231 Å². The summed E-state index contributed by atoms with van der Waals surface area (Å²) in [6.45, 7) is 2.57. The van der Waals surface area contributed by atoms with Crippen LogP contribution in [0.3, 0.4) is 0 Å². The number of fused-ring (bicyclic) bond motifs is 1. The number of carbonyl (C=O) groups is 1. The molecule has 0 saturated carbocycles. The number of benzene rings is 3. The molecular formula is C33H29FN4O2. The molecule has 1 saturated heterocycles. The highest BCUT2D eigenvalue weighted by Crippen LogP contribution is 2.29. The van der Waals surface area contributed by atoms with E-state index in [2.05, 4.69) is 58.4 Å². The molecule has 0 bridgehead atoms. The third-order valence-corrected chi connectivity index (χ3v) is 7.53. The number of nitrogens with zero attached hydrogens (tertiary/aromatic N) is 4. The van der Waals surface area contributed by atoms with Gasteiger partial charge in [-0.05, 0) is 47.0 Å². The molecule has 0 spiro atoms. The number of rotatable bonds is 6. The maximum absolute atomic E-state index is 13.8. The van der Waals surface area contributed by atoms with Crippen LogP contribution in [-0.4, -0.2) is 51.4 Å². The van der Waals surface area contributed by atoms with E-state index in [9.17, 15) is 14.0 Å². The van der Waals surface area contributed by atoms with Crippen molar-refractivity contribution in [3.8, 4) is 0 Å². The first-order chi connectivity index (χ1) is 19.6. The zero-order valence-corrected chi connectivity index (χ0v) is 22.0. The minimum atomic E-state index is -0.394. The Morgan fingerprint density at radius 2 is 1.43 bits per heavy atom. The fraction of sp³-hybridized carbons (Fsp3) is 0.182. The second-order valence-electron chi connectivity index (χ2n) is 10.0.